The maximum absolute atomic E-state index is 8.55. The number of nitrogens with zero attached hydrogens (tertiary/aromatic N) is 3. The number of nitrogens with two attached hydrogens (primary N) is 1. The minimum absolute atomic E-state index is 0.107. The molecule has 2 rings (SSSR count). The second kappa shape index (κ2) is 6.50. The van der Waals surface area contributed by atoms with Crippen molar-refractivity contribution in [1.82, 2.24) is 15.5 Å². The number of hydrogen-bond donors (Lipinski definition) is 3. The Labute approximate surface area is 110 Å². The Morgan fingerprint density at radius 2 is 2.16 bits per heavy atom. The molecule has 0 atom stereocenters. The van der Waals surface area contributed by atoms with Crippen LogP contribution < -0.4 is 11.1 Å². The summed E-state index contributed by atoms with van der Waals surface area (Å²) < 4.78 is 4.89. The fraction of sp³-hybridized carbons (Fsp3) is 0.250. The van der Waals surface area contributed by atoms with Gasteiger partial charge in [-0.2, -0.15) is 4.98 Å². The van der Waals surface area contributed by atoms with E-state index in [9.17, 15) is 0 Å². The fourth-order valence-electron chi connectivity index (χ4n) is 1.59. The molecular weight excluding hydrogens is 246 g/mol. The normalized spacial score (nSPS) is 11.7. The van der Waals surface area contributed by atoms with Crippen LogP contribution >= 0.6 is 0 Å². The summed E-state index contributed by atoms with van der Waals surface area (Å²) in [6, 6.07) is 7.47. The number of oxime groups is 1. The van der Waals surface area contributed by atoms with Gasteiger partial charge in [0, 0.05) is 25.1 Å². The molecule has 100 valence electrons. The molecule has 1 aromatic carbocycles. The maximum atomic E-state index is 8.55. The van der Waals surface area contributed by atoms with Crippen molar-refractivity contribution in [2.45, 2.75) is 13.0 Å². The fourth-order valence-corrected chi connectivity index (χ4v) is 1.59. The lowest BCUT2D eigenvalue weighted by Crippen LogP contribution is -2.17. The van der Waals surface area contributed by atoms with Gasteiger partial charge in [-0.3, -0.25) is 0 Å². The monoisotopic (exact) mass is 261 g/mol. The van der Waals surface area contributed by atoms with E-state index in [1.165, 1.54) is 6.33 Å². The molecule has 0 saturated carbocycles. The van der Waals surface area contributed by atoms with E-state index in [4.69, 9.17) is 15.5 Å². The SMILES string of the molecule is N/C(=N/O)c1ccc(CNCCc2ncno2)cc1. The zero-order valence-electron chi connectivity index (χ0n) is 10.3. The van der Waals surface area contributed by atoms with Crippen molar-refractivity contribution in [3.05, 3.63) is 47.6 Å². The Morgan fingerprint density at radius 3 is 2.79 bits per heavy atom. The molecular formula is C12H15N5O2. The van der Waals surface area contributed by atoms with Gasteiger partial charge in [-0.15, -0.1) is 0 Å². The predicted octanol–water partition coefficient (Wildman–Crippen LogP) is 0.496. The van der Waals surface area contributed by atoms with Gasteiger partial charge in [-0.1, -0.05) is 34.6 Å². The molecule has 0 aliphatic rings. The van der Waals surface area contributed by atoms with Crippen LogP contribution in [0.1, 0.15) is 17.0 Å². The Kier molecular flexibility index (Phi) is 4.46. The van der Waals surface area contributed by atoms with E-state index in [1.807, 2.05) is 24.3 Å². The van der Waals surface area contributed by atoms with Gasteiger partial charge < -0.3 is 20.8 Å². The van der Waals surface area contributed by atoms with Crippen LogP contribution in [0, 0.1) is 0 Å². The van der Waals surface area contributed by atoms with E-state index in [1.54, 1.807) is 0 Å². The Hall–Kier alpha value is -2.41. The van der Waals surface area contributed by atoms with Crippen LogP contribution in [-0.4, -0.2) is 27.7 Å². The van der Waals surface area contributed by atoms with Gasteiger partial charge in [0.15, 0.2) is 12.2 Å². The molecule has 0 aliphatic heterocycles. The van der Waals surface area contributed by atoms with Crippen LogP contribution in [0.4, 0.5) is 0 Å². The zero-order chi connectivity index (χ0) is 13.5. The molecule has 0 spiro atoms. The summed E-state index contributed by atoms with van der Waals surface area (Å²) >= 11 is 0. The highest BCUT2D eigenvalue weighted by Gasteiger charge is 2.00. The molecule has 7 nitrogen and oxygen atoms in total. The summed E-state index contributed by atoms with van der Waals surface area (Å²) in [5.74, 6) is 0.727. The van der Waals surface area contributed by atoms with E-state index in [0.29, 0.717) is 17.9 Å². The maximum Gasteiger partial charge on any atom is 0.227 e. The lowest BCUT2D eigenvalue weighted by atomic mass is 10.1. The predicted molar refractivity (Wildman–Crippen MR) is 68.7 cm³/mol. The smallest absolute Gasteiger partial charge is 0.227 e. The molecule has 0 saturated heterocycles. The molecule has 1 aromatic heterocycles. The number of nitrogens with one attached hydrogen (secondary N) is 1. The first kappa shape index (κ1) is 13.0. The van der Waals surface area contributed by atoms with Crippen LogP contribution in [0.15, 0.2) is 40.3 Å². The van der Waals surface area contributed by atoms with Gasteiger partial charge in [0.25, 0.3) is 0 Å². The summed E-state index contributed by atoms with van der Waals surface area (Å²) in [6.45, 7) is 1.48. The highest BCUT2D eigenvalue weighted by atomic mass is 16.5. The van der Waals surface area contributed by atoms with Crippen LogP contribution in [0.25, 0.3) is 0 Å². The first-order valence-corrected chi connectivity index (χ1v) is 5.82. The van der Waals surface area contributed by atoms with Crippen LogP contribution in [0.2, 0.25) is 0 Å². The van der Waals surface area contributed by atoms with Crippen LogP contribution in [-0.2, 0) is 13.0 Å². The summed E-state index contributed by atoms with van der Waals surface area (Å²) in [5.41, 5.74) is 7.28. The van der Waals surface area contributed by atoms with Crippen molar-refractivity contribution >= 4 is 5.84 Å². The first-order valence-electron chi connectivity index (χ1n) is 5.82. The highest BCUT2D eigenvalue weighted by molar-refractivity contribution is 5.96. The zero-order valence-corrected chi connectivity index (χ0v) is 10.3. The molecule has 0 fully saturated rings. The van der Waals surface area contributed by atoms with Crippen molar-refractivity contribution in [1.29, 1.82) is 0 Å². The Bertz CT molecular complexity index is 522. The van der Waals surface area contributed by atoms with Crippen LogP contribution in [0.5, 0.6) is 0 Å². The van der Waals surface area contributed by atoms with Crippen molar-refractivity contribution in [3.63, 3.8) is 0 Å². The van der Waals surface area contributed by atoms with Gasteiger partial charge >= 0.3 is 0 Å². The summed E-state index contributed by atoms with van der Waals surface area (Å²) in [6.07, 6.45) is 2.09. The van der Waals surface area contributed by atoms with E-state index in [-0.39, 0.29) is 5.84 Å². The summed E-state index contributed by atoms with van der Waals surface area (Å²) in [5, 5.41) is 18.3. The number of hydrogen-bond acceptors (Lipinski definition) is 6. The Balaban J connectivity index is 1.77. The van der Waals surface area contributed by atoms with Gasteiger partial charge in [-0.25, -0.2) is 0 Å². The highest BCUT2D eigenvalue weighted by Crippen LogP contribution is 2.04. The second-order valence-corrected chi connectivity index (χ2v) is 3.94. The Morgan fingerprint density at radius 1 is 1.37 bits per heavy atom. The average molecular weight is 261 g/mol. The molecule has 0 aliphatic carbocycles. The third-order valence-corrected chi connectivity index (χ3v) is 2.61. The number of benzene rings is 1. The molecule has 4 N–H and O–H groups in total. The standard InChI is InChI=1S/C12H15N5O2/c13-12(17-18)10-3-1-9(2-4-10)7-14-6-5-11-15-8-16-19-11/h1-4,8,14,18H,5-7H2,(H2,13,17). The second-order valence-electron chi connectivity index (χ2n) is 3.94. The van der Waals surface area contributed by atoms with Crippen molar-refractivity contribution in [3.8, 4) is 0 Å². The molecule has 2 aromatic rings. The third-order valence-electron chi connectivity index (χ3n) is 2.61. The molecule has 1 heterocycles. The number of aromatic nitrogens is 2. The van der Waals surface area contributed by atoms with Crippen molar-refractivity contribution in [2.24, 2.45) is 10.9 Å². The van der Waals surface area contributed by atoms with E-state index in [2.05, 4.69) is 20.6 Å². The number of amidine groups is 1. The van der Waals surface area contributed by atoms with Gasteiger partial charge in [-0.05, 0) is 5.56 Å². The number of rotatable bonds is 6. The van der Waals surface area contributed by atoms with Crippen molar-refractivity contribution < 1.29 is 9.73 Å². The largest absolute Gasteiger partial charge is 0.409 e. The van der Waals surface area contributed by atoms with Crippen molar-refractivity contribution in [2.75, 3.05) is 6.54 Å². The van der Waals surface area contributed by atoms with Gasteiger partial charge in [0.1, 0.15) is 0 Å². The average Bonchev–Trinajstić information content (AvgIpc) is 2.96. The van der Waals surface area contributed by atoms with E-state index < -0.39 is 0 Å². The topological polar surface area (TPSA) is 110 Å². The lowest BCUT2D eigenvalue weighted by molar-refractivity contribution is 0.318. The minimum Gasteiger partial charge on any atom is -0.409 e. The lowest BCUT2D eigenvalue weighted by Gasteiger charge is -2.04. The summed E-state index contributed by atoms with van der Waals surface area (Å²) in [4.78, 5) is 3.93. The molecule has 7 heteroatoms. The van der Waals surface area contributed by atoms with Crippen LogP contribution in [0.3, 0.4) is 0 Å². The molecule has 0 amide bonds. The quantitative estimate of drug-likeness (QED) is 0.229. The molecule has 0 bridgehead atoms. The third kappa shape index (κ3) is 3.78. The summed E-state index contributed by atoms with van der Waals surface area (Å²) in [7, 11) is 0. The molecule has 0 radical (unpaired) electrons. The van der Waals surface area contributed by atoms with Gasteiger partial charge in [0.2, 0.25) is 5.89 Å². The van der Waals surface area contributed by atoms with E-state index >= 15 is 0 Å². The molecule has 19 heavy (non-hydrogen) atoms. The molecule has 0 unspecified atom stereocenters. The minimum atomic E-state index is 0.107. The first-order chi connectivity index (χ1) is 9.29. The van der Waals surface area contributed by atoms with E-state index in [0.717, 1.165) is 18.7 Å². The van der Waals surface area contributed by atoms with Gasteiger partial charge in [0.05, 0.1) is 0 Å².